The van der Waals surface area contributed by atoms with Gasteiger partial charge < -0.3 is 4.74 Å². The molecule has 3 nitrogen and oxygen atoms in total. The Hall–Kier alpha value is -1.52. The van der Waals surface area contributed by atoms with E-state index >= 15 is 0 Å². The van der Waals surface area contributed by atoms with E-state index in [0.29, 0.717) is 6.07 Å². The predicted molar refractivity (Wildman–Crippen MR) is 100 cm³/mol. The molecule has 0 saturated heterocycles. The van der Waals surface area contributed by atoms with Crippen LogP contribution in [-0.4, -0.2) is 8.96 Å². The molecule has 10 heteroatoms. The van der Waals surface area contributed by atoms with E-state index in [4.69, 9.17) is 4.74 Å². The van der Waals surface area contributed by atoms with Crippen LogP contribution in [-0.2, 0) is 23.7 Å². The first-order valence-electron chi connectivity index (χ1n) is 7.96. The van der Waals surface area contributed by atoms with Crippen molar-refractivity contribution in [2.24, 2.45) is 0 Å². The second-order valence-electron chi connectivity index (χ2n) is 6.85. The molecule has 1 N–H and O–H groups in total. The number of ether oxygens (including phenoxy) is 1. The molecule has 0 aromatic heterocycles. The van der Waals surface area contributed by atoms with Crippen LogP contribution < -0.4 is 9.46 Å². The van der Waals surface area contributed by atoms with E-state index in [2.05, 4.69) is 20.7 Å². The molecule has 0 aliphatic rings. The van der Waals surface area contributed by atoms with E-state index in [0.717, 1.165) is 18.2 Å². The monoisotopic (exact) mass is 485 g/mol. The second-order valence-corrected chi connectivity index (χ2v) is 9.82. The lowest BCUT2D eigenvalue weighted by molar-refractivity contribution is -0.137. The highest BCUT2D eigenvalue weighted by molar-refractivity contribution is 9.10. The zero-order valence-corrected chi connectivity index (χ0v) is 17.5. The van der Waals surface area contributed by atoms with E-state index in [9.17, 15) is 26.2 Å². The van der Waals surface area contributed by atoms with E-state index in [1.54, 1.807) is 20.8 Å². The van der Waals surface area contributed by atoms with Crippen molar-refractivity contribution in [1.29, 1.82) is 0 Å². The summed E-state index contributed by atoms with van der Waals surface area (Å²) in [5.74, 6) is -2.68. The molecule has 0 fully saturated rings. The number of hydrogen-bond donors (Lipinski definition) is 1. The fourth-order valence-electron chi connectivity index (χ4n) is 2.06. The standard InChI is InChI=1S/C18H17BrF5NO2S/c1-17(2,3)28(26)25-9-10-4-15(21)16(8-14(10)20)27-13-6-11(18(22,23)24)5-12(19)7-13/h4-8,25H,9H2,1-3H3. The summed E-state index contributed by atoms with van der Waals surface area (Å²) in [7, 11) is -1.49. The SMILES string of the molecule is CC(C)(C)S(=O)NCc1cc(F)c(Oc2cc(Br)cc(C(F)(F)F)c2)cc1F. The van der Waals surface area contributed by atoms with Crippen molar-refractivity contribution in [3.05, 3.63) is 57.6 Å². The Labute approximate surface area is 170 Å². The van der Waals surface area contributed by atoms with Crippen molar-refractivity contribution in [1.82, 2.24) is 4.72 Å². The van der Waals surface area contributed by atoms with Gasteiger partial charge in [0.15, 0.2) is 11.6 Å². The van der Waals surface area contributed by atoms with Gasteiger partial charge in [-0.1, -0.05) is 15.9 Å². The molecule has 1 unspecified atom stereocenters. The van der Waals surface area contributed by atoms with Gasteiger partial charge >= 0.3 is 6.18 Å². The van der Waals surface area contributed by atoms with Gasteiger partial charge in [0.05, 0.1) is 21.3 Å². The van der Waals surface area contributed by atoms with Crippen molar-refractivity contribution in [3.63, 3.8) is 0 Å². The molecule has 2 aromatic rings. The summed E-state index contributed by atoms with van der Waals surface area (Å²) in [4.78, 5) is 0. The van der Waals surface area contributed by atoms with E-state index in [-0.39, 0.29) is 22.3 Å². The Balaban J connectivity index is 2.24. The second kappa shape index (κ2) is 8.46. The minimum Gasteiger partial charge on any atom is -0.454 e. The van der Waals surface area contributed by atoms with Crippen LogP contribution in [0.3, 0.4) is 0 Å². The lowest BCUT2D eigenvalue weighted by Gasteiger charge is -2.18. The Bertz CT molecular complexity index is 897. The van der Waals surface area contributed by atoms with Gasteiger partial charge in [-0.15, -0.1) is 0 Å². The lowest BCUT2D eigenvalue weighted by atomic mass is 10.2. The van der Waals surface area contributed by atoms with Crippen LogP contribution in [0.2, 0.25) is 0 Å². The first kappa shape index (κ1) is 22.8. The minimum atomic E-state index is -4.62. The third-order valence-electron chi connectivity index (χ3n) is 3.48. The van der Waals surface area contributed by atoms with Gasteiger partial charge in [0, 0.05) is 22.6 Å². The van der Waals surface area contributed by atoms with Crippen molar-refractivity contribution in [3.8, 4) is 11.5 Å². The van der Waals surface area contributed by atoms with Crippen molar-refractivity contribution in [2.75, 3.05) is 0 Å². The van der Waals surface area contributed by atoms with Gasteiger partial charge in [0.25, 0.3) is 0 Å². The van der Waals surface area contributed by atoms with Crippen LogP contribution in [0.5, 0.6) is 11.5 Å². The summed E-state index contributed by atoms with van der Waals surface area (Å²) in [5.41, 5.74) is -1.09. The molecule has 154 valence electrons. The molecule has 28 heavy (non-hydrogen) atoms. The normalized spacial score (nSPS) is 13.5. The molecule has 0 aliphatic heterocycles. The fraction of sp³-hybridized carbons (Fsp3) is 0.333. The summed E-state index contributed by atoms with van der Waals surface area (Å²) in [6, 6.07) is 4.31. The molecular formula is C18H17BrF5NO2S. The summed E-state index contributed by atoms with van der Waals surface area (Å²) >= 11 is 2.93. The number of alkyl halides is 3. The summed E-state index contributed by atoms with van der Waals surface area (Å²) in [6.45, 7) is 4.97. The Kier molecular flexibility index (Phi) is 6.88. The summed E-state index contributed by atoms with van der Waals surface area (Å²) < 4.78 is 86.3. The summed E-state index contributed by atoms with van der Waals surface area (Å²) in [5, 5.41) is 0. The zero-order chi connectivity index (χ0) is 21.3. The number of hydrogen-bond acceptors (Lipinski definition) is 2. The number of benzene rings is 2. The molecule has 2 aromatic carbocycles. The molecule has 0 bridgehead atoms. The molecular weight excluding hydrogens is 469 g/mol. The maximum Gasteiger partial charge on any atom is 0.416 e. The third kappa shape index (κ3) is 5.99. The Morgan fingerprint density at radius 1 is 1.04 bits per heavy atom. The zero-order valence-electron chi connectivity index (χ0n) is 15.1. The maximum atomic E-state index is 14.3. The highest BCUT2D eigenvalue weighted by atomic mass is 79.9. The first-order valence-corrected chi connectivity index (χ1v) is 9.90. The van der Waals surface area contributed by atoms with Crippen molar-refractivity contribution >= 4 is 26.9 Å². The largest absolute Gasteiger partial charge is 0.454 e. The average molecular weight is 486 g/mol. The fourth-order valence-corrected chi connectivity index (χ4v) is 3.25. The van der Waals surface area contributed by atoms with Crippen LogP contribution in [0.4, 0.5) is 22.0 Å². The lowest BCUT2D eigenvalue weighted by Crippen LogP contribution is -2.33. The topological polar surface area (TPSA) is 38.3 Å². The molecule has 0 amide bonds. The molecule has 0 saturated carbocycles. The number of halogens is 6. The van der Waals surface area contributed by atoms with Gasteiger partial charge in [-0.25, -0.2) is 17.7 Å². The highest BCUT2D eigenvalue weighted by Gasteiger charge is 2.31. The summed E-state index contributed by atoms with van der Waals surface area (Å²) in [6.07, 6.45) is -4.62. The Morgan fingerprint density at radius 2 is 1.68 bits per heavy atom. The predicted octanol–water partition coefficient (Wildman–Crippen LogP) is 6.09. The van der Waals surface area contributed by atoms with Crippen LogP contribution in [0.15, 0.2) is 34.8 Å². The van der Waals surface area contributed by atoms with Crippen LogP contribution >= 0.6 is 15.9 Å². The molecule has 0 spiro atoms. The van der Waals surface area contributed by atoms with Gasteiger partial charge in [-0.05, 0) is 45.0 Å². The Morgan fingerprint density at radius 3 is 2.25 bits per heavy atom. The van der Waals surface area contributed by atoms with Crippen molar-refractivity contribution in [2.45, 2.75) is 38.2 Å². The number of rotatable bonds is 5. The van der Waals surface area contributed by atoms with Gasteiger partial charge in [0.1, 0.15) is 11.6 Å². The quantitative estimate of drug-likeness (QED) is 0.520. The van der Waals surface area contributed by atoms with Crippen molar-refractivity contribution < 1.29 is 30.9 Å². The van der Waals surface area contributed by atoms with Gasteiger partial charge in [-0.2, -0.15) is 13.2 Å². The molecule has 1 atom stereocenters. The highest BCUT2D eigenvalue weighted by Crippen LogP contribution is 2.36. The van der Waals surface area contributed by atoms with Gasteiger partial charge in [0.2, 0.25) is 0 Å². The third-order valence-corrected chi connectivity index (χ3v) is 5.45. The molecule has 0 aliphatic carbocycles. The number of nitrogens with one attached hydrogen (secondary N) is 1. The van der Waals surface area contributed by atoms with Crippen LogP contribution in [0, 0.1) is 11.6 Å². The van der Waals surface area contributed by atoms with Crippen LogP contribution in [0.25, 0.3) is 0 Å². The molecule has 2 rings (SSSR count). The minimum absolute atomic E-state index is 0.0729. The molecule has 0 radical (unpaired) electrons. The van der Waals surface area contributed by atoms with E-state index in [1.165, 1.54) is 6.07 Å². The molecule has 0 heterocycles. The maximum absolute atomic E-state index is 14.3. The van der Waals surface area contributed by atoms with E-state index in [1.807, 2.05) is 0 Å². The average Bonchev–Trinajstić information content (AvgIpc) is 2.54. The smallest absolute Gasteiger partial charge is 0.416 e. The van der Waals surface area contributed by atoms with Gasteiger partial charge in [-0.3, -0.25) is 0 Å². The van der Waals surface area contributed by atoms with E-state index < -0.39 is 44.9 Å². The first-order chi connectivity index (χ1) is 12.8. The van der Waals surface area contributed by atoms with Crippen LogP contribution in [0.1, 0.15) is 31.9 Å².